The van der Waals surface area contributed by atoms with Crippen LogP contribution in [0.2, 0.25) is 0 Å². The summed E-state index contributed by atoms with van der Waals surface area (Å²) in [5.74, 6) is 0.227. The monoisotopic (exact) mass is 508 g/mol. The lowest BCUT2D eigenvalue weighted by Gasteiger charge is -2.47. The van der Waals surface area contributed by atoms with E-state index in [1.165, 1.54) is 11.1 Å². The third-order valence-electron chi connectivity index (χ3n) is 7.69. The van der Waals surface area contributed by atoms with E-state index >= 15 is 4.39 Å². The summed E-state index contributed by atoms with van der Waals surface area (Å²) in [6.45, 7) is 6.17. The second-order valence-electron chi connectivity index (χ2n) is 9.75. The Balaban J connectivity index is 1.35. The number of rotatable bonds is 4. The third-order valence-corrected chi connectivity index (χ3v) is 7.69. The van der Waals surface area contributed by atoms with Crippen molar-refractivity contribution in [3.8, 4) is 17.0 Å². The summed E-state index contributed by atoms with van der Waals surface area (Å²) in [7, 11) is 0. The molecule has 1 saturated heterocycles. The molecule has 194 valence electrons. The molecule has 10 nitrogen and oxygen atoms in total. The van der Waals surface area contributed by atoms with E-state index in [1.807, 2.05) is 6.92 Å². The highest BCUT2D eigenvalue weighted by molar-refractivity contribution is 5.99. The average molecular weight is 509 g/mol. The number of nitrogens with zero attached hydrogens (tertiary/aromatic N) is 4. The molecule has 3 aliphatic rings. The first kappa shape index (κ1) is 23.7. The lowest BCUT2D eigenvalue weighted by molar-refractivity contribution is -0.00678. The zero-order valence-electron chi connectivity index (χ0n) is 20.5. The van der Waals surface area contributed by atoms with Crippen molar-refractivity contribution in [2.45, 2.75) is 31.8 Å². The minimum Gasteiger partial charge on any atom is -0.474 e. The van der Waals surface area contributed by atoms with Crippen molar-refractivity contribution in [1.29, 1.82) is 0 Å². The number of amides is 1. The number of fused-ring (bicyclic) bond motifs is 2. The predicted molar refractivity (Wildman–Crippen MR) is 138 cm³/mol. The van der Waals surface area contributed by atoms with Crippen molar-refractivity contribution in [2.24, 2.45) is 0 Å². The van der Waals surface area contributed by atoms with Crippen LogP contribution >= 0.6 is 0 Å². The zero-order chi connectivity index (χ0) is 25.7. The Labute approximate surface area is 213 Å². The number of halogens is 1. The van der Waals surface area contributed by atoms with Crippen molar-refractivity contribution in [3.05, 3.63) is 35.9 Å². The number of carbonyl (C=O) groups is 1. The van der Waals surface area contributed by atoms with Gasteiger partial charge in [-0.2, -0.15) is 0 Å². The van der Waals surface area contributed by atoms with Crippen LogP contribution in [0, 0.1) is 12.7 Å². The minimum atomic E-state index is -1.06. The van der Waals surface area contributed by atoms with Crippen LogP contribution < -0.4 is 20.7 Å². The number of carboxylic acid groups (broad SMARTS) is 1. The van der Waals surface area contributed by atoms with Crippen LogP contribution in [0.3, 0.4) is 0 Å². The Bertz CT molecular complexity index is 1370. The molecule has 4 heterocycles. The second kappa shape index (κ2) is 9.31. The van der Waals surface area contributed by atoms with E-state index in [0.717, 1.165) is 37.2 Å². The van der Waals surface area contributed by atoms with Gasteiger partial charge in [0.25, 0.3) is 0 Å². The van der Waals surface area contributed by atoms with Crippen molar-refractivity contribution in [2.75, 3.05) is 55.4 Å². The first-order valence-corrected chi connectivity index (χ1v) is 12.5. The van der Waals surface area contributed by atoms with E-state index in [2.05, 4.69) is 20.2 Å². The molecule has 11 heteroatoms. The number of nitrogen functional groups attached to an aromatic ring is 1. The highest BCUT2D eigenvalue weighted by Gasteiger charge is 2.40. The van der Waals surface area contributed by atoms with Crippen LogP contribution in [0.5, 0.6) is 5.88 Å². The summed E-state index contributed by atoms with van der Waals surface area (Å²) in [4.78, 5) is 24.7. The fraction of sp³-hybridized carbons (Fsp3) is 0.423. The SMILES string of the molecule is Cc1c(-c2cc3cc(N(C(=O)O)[C@H]4C[C@@H](N5CCOCC5)C4)ncc3c(N)c2F)cnc2c1NCCO2. The van der Waals surface area contributed by atoms with Crippen molar-refractivity contribution in [1.82, 2.24) is 14.9 Å². The van der Waals surface area contributed by atoms with Gasteiger partial charge in [0.05, 0.1) is 18.9 Å². The maximum absolute atomic E-state index is 15.5. The van der Waals surface area contributed by atoms with Gasteiger partial charge in [0.1, 0.15) is 18.1 Å². The summed E-state index contributed by atoms with van der Waals surface area (Å²) in [5.41, 5.74) is 8.58. The van der Waals surface area contributed by atoms with Gasteiger partial charge in [0.2, 0.25) is 5.88 Å². The van der Waals surface area contributed by atoms with Crippen molar-refractivity contribution >= 4 is 34.1 Å². The molecule has 2 aromatic heterocycles. The highest BCUT2D eigenvalue weighted by Crippen LogP contribution is 2.40. The normalized spacial score (nSPS) is 21.5. The predicted octanol–water partition coefficient (Wildman–Crippen LogP) is 3.48. The topological polar surface area (TPSA) is 126 Å². The van der Waals surface area contributed by atoms with Crippen LogP contribution in [-0.2, 0) is 4.74 Å². The molecule has 1 aromatic carbocycles. The Morgan fingerprint density at radius 1 is 1.19 bits per heavy atom. The molecule has 1 amide bonds. The maximum Gasteiger partial charge on any atom is 0.413 e. The molecule has 0 radical (unpaired) electrons. The molecule has 1 aliphatic carbocycles. The molecule has 0 bridgehead atoms. The van der Waals surface area contributed by atoms with Crippen molar-refractivity contribution in [3.63, 3.8) is 0 Å². The number of hydrogen-bond acceptors (Lipinski definition) is 8. The second-order valence-corrected chi connectivity index (χ2v) is 9.75. The molecule has 0 atom stereocenters. The Kier molecular flexibility index (Phi) is 5.96. The van der Waals surface area contributed by atoms with Gasteiger partial charge < -0.3 is 25.6 Å². The number of morpholine rings is 1. The van der Waals surface area contributed by atoms with Gasteiger partial charge in [-0.15, -0.1) is 0 Å². The molecule has 1 saturated carbocycles. The molecule has 4 N–H and O–H groups in total. The molecular weight excluding hydrogens is 479 g/mol. The lowest BCUT2D eigenvalue weighted by atomic mass is 9.84. The number of anilines is 3. The fourth-order valence-electron chi connectivity index (χ4n) is 5.56. The summed E-state index contributed by atoms with van der Waals surface area (Å²) in [6, 6.07) is 3.52. The summed E-state index contributed by atoms with van der Waals surface area (Å²) in [6.07, 6.45) is 3.44. The van der Waals surface area contributed by atoms with E-state index < -0.39 is 11.9 Å². The number of nitrogens with one attached hydrogen (secondary N) is 1. The molecule has 0 spiro atoms. The van der Waals surface area contributed by atoms with E-state index in [9.17, 15) is 9.90 Å². The third kappa shape index (κ3) is 4.08. The molecular formula is C26H29FN6O4. The van der Waals surface area contributed by atoms with Crippen LogP contribution in [0.1, 0.15) is 18.4 Å². The molecule has 37 heavy (non-hydrogen) atoms. The maximum atomic E-state index is 15.5. The quantitative estimate of drug-likeness (QED) is 0.454. The first-order valence-electron chi connectivity index (χ1n) is 12.5. The smallest absolute Gasteiger partial charge is 0.413 e. The lowest BCUT2D eigenvalue weighted by Crippen LogP contribution is -2.57. The number of ether oxygens (including phenoxy) is 2. The number of nitrogens with two attached hydrogens (primary N) is 1. The van der Waals surface area contributed by atoms with E-state index in [-0.39, 0.29) is 11.7 Å². The minimum absolute atomic E-state index is 0.0363. The van der Waals surface area contributed by atoms with Gasteiger partial charge in [-0.25, -0.2) is 19.2 Å². The van der Waals surface area contributed by atoms with Gasteiger partial charge in [0, 0.05) is 60.6 Å². The molecule has 0 unspecified atom stereocenters. The van der Waals surface area contributed by atoms with E-state index in [4.69, 9.17) is 15.2 Å². The van der Waals surface area contributed by atoms with Gasteiger partial charge in [-0.3, -0.25) is 9.80 Å². The number of hydrogen-bond donors (Lipinski definition) is 3. The Morgan fingerprint density at radius 3 is 2.73 bits per heavy atom. The zero-order valence-corrected chi connectivity index (χ0v) is 20.5. The molecule has 3 aromatic rings. The first-order chi connectivity index (χ1) is 17.9. The van der Waals surface area contributed by atoms with Crippen LogP contribution in [0.25, 0.3) is 21.9 Å². The van der Waals surface area contributed by atoms with Gasteiger partial charge in [-0.1, -0.05) is 0 Å². The van der Waals surface area contributed by atoms with Crippen LogP contribution in [0.15, 0.2) is 24.5 Å². The Hall–Kier alpha value is -3.70. The van der Waals surface area contributed by atoms with Crippen molar-refractivity contribution < 1.29 is 23.8 Å². The molecule has 6 rings (SSSR count). The average Bonchev–Trinajstić information content (AvgIpc) is 2.88. The van der Waals surface area contributed by atoms with Gasteiger partial charge in [-0.05, 0) is 42.8 Å². The largest absolute Gasteiger partial charge is 0.474 e. The Morgan fingerprint density at radius 2 is 1.97 bits per heavy atom. The standard InChI is InChI=1S/C26H29FN6O4/c1-14-19(12-31-25-24(14)29-2-5-37-25)18-8-15-9-21(30-13-20(15)23(28)22(18)27)33(26(34)35)17-10-16(11-17)32-3-6-36-7-4-32/h8-9,12-13,16-17,29H,2-7,10-11,28H2,1H3,(H,34,35)/t16-,17+. The summed E-state index contributed by atoms with van der Waals surface area (Å²) in [5, 5.41) is 14.4. The highest BCUT2D eigenvalue weighted by atomic mass is 19.1. The molecule has 2 fully saturated rings. The summed E-state index contributed by atoms with van der Waals surface area (Å²) >= 11 is 0. The number of benzene rings is 1. The number of aromatic nitrogens is 2. The molecule has 2 aliphatic heterocycles. The number of pyridine rings is 2. The van der Waals surface area contributed by atoms with E-state index in [0.29, 0.717) is 66.0 Å². The summed E-state index contributed by atoms with van der Waals surface area (Å²) < 4.78 is 26.5. The van der Waals surface area contributed by atoms with Gasteiger partial charge >= 0.3 is 6.09 Å². The fourth-order valence-corrected chi connectivity index (χ4v) is 5.56. The van der Waals surface area contributed by atoms with Gasteiger partial charge in [0.15, 0.2) is 5.82 Å². The van der Waals surface area contributed by atoms with Crippen LogP contribution in [0.4, 0.5) is 26.4 Å². The van der Waals surface area contributed by atoms with E-state index in [1.54, 1.807) is 18.3 Å². The van der Waals surface area contributed by atoms with Crippen LogP contribution in [-0.4, -0.2) is 77.6 Å².